The molecule has 0 fully saturated rings. The van der Waals surface area contributed by atoms with E-state index in [1.807, 2.05) is 0 Å². The van der Waals surface area contributed by atoms with Crippen molar-refractivity contribution in [3.63, 3.8) is 0 Å². The van der Waals surface area contributed by atoms with Crippen LogP contribution in [0.15, 0.2) is 0 Å². The van der Waals surface area contributed by atoms with Gasteiger partial charge in [0.15, 0.2) is 5.11 Å². The molecular weight excluding hydrogens is 186 g/mol. The molecule has 0 aliphatic heterocycles. The summed E-state index contributed by atoms with van der Waals surface area (Å²) in [6.07, 6.45) is 3.27. The predicted octanol–water partition coefficient (Wildman–Crippen LogP) is 0.531. The third kappa shape index (κ3) is 9.52. The van der Waals surface area contributed by atoms with E-state index in [1.165, 1.54) is 6.42 Å². The topological polar surface area (TPSA) is 59.3 Å². The van der Waals surface area contributed by atoms with Crippen molar-refractivity contribution in [2.75, 3.05) is 19.8 Å². The van der Waals surface area contributed by atoms with Gasteiger partial charge < -0.3 is 15.5 Å². The molecule has 4 N–H and O–H groups in total. The number of nitrogens with one attached hydrogen (secondary N) is 2. The van der Waals surface area contributed by atoms with E-state index in [-0.39, 0.29) is 0 Å². The van der Waals surface area contributed by atoms with Gasteiger partial charge in [0.25, 0.3) is 0 Å². The highest BCUT2D eigenvalue weighted by Gasteiger charge is 1.91. The Labute approximate surface area is 85.2 Å². The highest BCUT2D eigenvalue weighted by Crippen LogP contribution is 1.88. The van der Waals surface area contributed by atoms with Crippen LogP contribution in [0.25, 0.3) is 0 Å². The molecule has 0 heterocycles. The maximum Gasteiger partial charge on any atom is 0.180 e. The van der Waals surface area contributed by atoms with E-state index in [9.17, 15) is 0 Å². The summed E-state index contributed by atoms with van der Waals surface area (Å²) in [7, 11) is 0. The van der Waals surface area contributed by atoms with Gasteiger partial charge in [0.1, 0.15) is 0 Å². The molecule has 0 aliphatic carbocycles. The Morgan fingerprint density at radius 1 is 1.38 bits per heavy atom. The lowest BCUT2D eigenvalue weighted by molar-refractivity contribution is 0.129. The lowest BCUT2D eigenvalue weighted by Crippen LogP contribution is -2.40. The zero-order valence-electron chi connectivity index (χ0n) is 8.14. The average Bonchev–Trinajstić information content (AvgIpc) is 2.16. The van der Waals surface area contributed by atoms with Gasteiger partial charge in [0.2, 0.25) is 0 Å². The van der Waals surface area contributed by atoms with Gasteiger partial charge in [-0.05, 0) is 25.1 Å². The second-order valence-electron chi connectivity index (χ2n) is 2.72. The SMILES string of the molecule is CCCCOCCCNC(=S)NN. The summed E-state index contributed by atoms with van der Waals surface area (Å²) in [6.45, 7) is 4.59. The fraction of sp³-hybridized carbons (Fsp3) is 0.875. The largest absolute Gasteiger partial charge is 0.381 e. The van der Waals surface area contributed by atoms with Crippen LogP contribution in [0.3, 0.4) is 0 Å². The molecule has 0 spiro atoms. The van der Waals surface area contributed by atoms with Crippen LogP contribution in [0.2, 0.25) is 0 Å². The van der Waals surface area contributed by atoms with Crippen molar-refractivity contribution in [1.82, 2.24) is 10.7 Å². The summed E-state index contributed by atoms with van der Waals surface area (Å²) in [5, 5.41) is 3.42. The molecule has 0 atom stereocenters. The van der Waals surface area contributed by atoms with Crippen LogP contribution in [0.1, 0.15) is 26.2 Å². The van der Waals surface area contributed by atoms with Crippen LogP contribution in [0.5, 0.6) is 0 Å². The highest BCUT2D eigenvalue weighted by molar-refractivity contribution is 7.80. The number of unbranched alkanes of at least 4 members (excludes halogenated alkanes) is 1. The van der Waals surface area contributed by atoms with Gasteiger partial charge in [-0.1, -0.05) is 13.3 Å². The van der Waals surface area contributed by atoms with Gasteiger partial charge in [-0.2, -0.15) is 0 Å². The van der Waals surface area contributed by atoms with Crippen molar-refractivity contribution in [3.8, 4) is 0 Å². The predicted molar refractivity (Wildman–Crippen MR) is 58.3 cm³/mol. The van der Waals surface area contributed by atoms with Crippen molar-refractivity contribution in [3.05, 3.63) is 0 Å². The summed E-state index contributed by atoms with van der Waals surface area (Å²) in [4.78, 5) is 0. The van der Waals surface area contributed by atoms with E-state index in [4.69, 9.17) is 22.8 Å². The smallest absolute Gasteiger partial charge is 0.180 e. The molecule has 0 saturated heterocycles. The monoisotopic (exact) mass is 205 g/mol. The van der Waals surface area contributed by atoms with E-state index in [0.29, 0.717) is 5.11 Å². The fourth-order valence-electron chi connectivity index (χ4n) is 0.776. The van der Waals surface area contributed by atoms with Crippen LogP contribution in [-0.4, -0.2) is 24.9 Å². The molecule has 5 heteroatoms. The van der Waals surface area contributed by atoms with E-state index in [2.05, 4.69) is 17.7 Å². The minimum absolute atomic E-state index is 0.480. The molecule has 0 amide bonds. The van der Waals surface area contributed by atoms with Gasteiger partial charge in [0.05, 0.1) is 0 Å². The maximum atomic E-state index is 5.35. The van der Waals surface area contributed by atoms with Crippen LogP contribution in [-0.2, 0) is 4.74 Å². The summed E-state index contributed by atoms with van der Waals surface area (Å²) >= 11 is 4.79. The third-order valence-corrected chi connectivity index (χ3v) is 1.79. The van der Waals surface area contributed by atoms with E-state index in [0.717, 1.165) is 32.6 Å². The molecular formula is C8H19N3OS. The molecule has 4 nitrogen and oxygen atoms in total. The number of rotatable bonds is 7. The summed E-state index contributed by atoms with van der Waals surface area (Å²) < 4.78 is 5.35. The Kier molecular flexibility index (Phi) is 9.41. The van der Waals surface area contributed by atoms with E-state index in [1.54, 1.807) is 0 Å². The molecule has 78 valence electrons. The first-order chi connectivity index (χ1) is 6.31. The molecule has 0 rings (SSSR count). The maximum absolute atomic E-state index is 5.35. The van der Waals surface area contributed by atoms with Crippen LogP contribution in [0.4, 0.5) is 0 Å². The number of thiocarbonyl (C=S) groups is 1. The second-order valence-corrected chi connectivity index (χ2v) is 3.13. The van der Waals surface area contributed by atoms with Gasteiger partial charge in [-0.3, -0.25) is 0 Å². The highest BCUT2D eigenvalue weighted by atomic mass is 32.1. The van der Waals surface area contributed by atoms with E-state index < -0.39 is 0 Å². The third-order valence-electron chi connectivity index (χ3n) is 1.52. The number of hydrazine groups is 1. The fourth-order valence-corrected chi connectivity index (χ4v) is 0.878. The normalized spacial score (nSPS) is 9.69. The van der Waals surface area contributed by atoms with Gasteiger partial charge >= 0.3 is 0 Å². The standard InChI is InChI=1S/C8H19N3OS/c1-2-3-6-12-7-4-5-10-8(13)11-9/h2-7,9H2,1H3,(H2,10,11,13). The molecule has 0 unspecified atom stereocenters. The molecule has 0 radical (unpaired) electrons. The van der Waals surface area contributed by atoms with Crippen molar-refractivity contribution in [2.45, 2.75) is 26.2 Å². The van der Waals surface area contributed by atoms with Crippen molar-refractivity contribution >= 4 is 17.3 Å². The molecule has 0 saturated carbocycles. The number of hydrogen-bond donors (Lipinski definition) is 3. The van der Waals surface area contributed by atoms with Crippen LogP contribution >= 0.6 is 12.2 Å². The summed E-state index contributed by atoms with van der Waals surface area (Å²) in [5.74, 6) is 5.07. The van der Waals surface area contributed by atoms with E-state index >= 15 is 0 Å². The zero-order chi connectivity index (χ0) is 9.94. The van der Waals surface area contributed by atoms with Crippen LogP contribution < -0.4 is 16.6 Å². The molecule has 0 aliphatic rings. The summed E-state index contributed by atoms with van der Waals surface area (Å²) in [5.41, 5.74) is 2.36. The van der Waals surface area contributed by atoms with Crippen molar-refractivity contribution in [1.29, 1.82) is 0 Å². The second kappa shape index (κ2) is 9.70. The lowest BCUT2D eigenvalue weighted by Gasteiger charge is -2.06. The first-order valence-electron chi connectivity index (χ1n) is 4.63. The molecule has 0 bridgehead atoms. The number of ether oxygens (including phenoxy) is 1. The Bertz CT molecular complexity index is 133. The minimum atomic E-state index is 0.480. The first-order valence-corrected chi connectivity index (χ1v) is 5.04. The molecule has 0 aromatic rings. The van der Waals surface area contributed by atoms with Gasteiger partial charge in [0, 0.05) is 19.8 Å². The zero-order valence-corrected chi connectivity index (χ0v) is 8.95. The minimum Gasteiger partial charge on any atom is -0.381 e. The van der Waals surface area contributed by atoms with Crippen molar-refractivity contribution < 1.29 is 4.74 Å². The molecule has 13 heavy (non-hydrogen) atoms. The molecule has 0 aromatic heterocycles. The Balaban J connectivity index is 2.95. The van der Waals surface area contributed by atoms with Gasteiger partial charge in [-0.15, -0.1) is 0 Å². The lowest BCUT2D eigenvalue weighted by atomic mass is 10.4. The number of nitrogens with two attached hydrogens (primary N) is 1. The molecule has 0 aromatic carbocycles. The average molecular weight is 205 g/mol. The Morgan fingerprint density at radius 3 is 2.69 bits per heavy atom. The summed E-state index contributed by atoms with van der Waals surface area (Å²) in [6, 6.07) is 0. The quantitative estimate of drug-likeness (QED) is 0.245. The Morgan fingerprint density at radius 2 is 2.08 bits per heavy atom. The Hall–Kier alpha value is -0.390. The van der Waals surface area contributed by atoms with Crippen molar-refractivity contribution in [2.24, 2.45) is 5.84 Å². The first kappa shape index (κ1) is 12.6. The number of hydrogen-bond acceptors (Lipinski definition) is 3. The van der Waals surface area contributed by atoms with Crippen LogP contribution in [0, 0.1) is 0 Å². The van der Waals surface area contributed by atoms with Gasteiger partial charge in [-0.25, -0.2) is 5.84 Å².